The molecule has 2 aliphatic rings. The Morgan fingerprint density at radius 3 is 1.40 bits per heavy atom. The third-order valence-corrected chi connectivity index (χ3v) is 4.29. The highest BCUT2D eigenvalue weighted by Gasteiger charge is 2.28. The zero-order valence-electron chi connectivity index (χ0n) is 13.1. The van der Waals surface area contributed by atoms with Crippen LogP contribution in [0.5, 0.6) is 0 Å². The summed E-state index contributed by atoms with van der Waals surface area (Å²) in [4.78, 5) is 8.87. The van der Waals surface area contributed by atoms with Gasteiger partial charge in [-0.2, -0.15) is 9.88 Å². The van der Waals surface area contributed by atoms with Gasteiger partial charge >= 0.3 is 0 Å². The molecule has 2 aliphatic heterocycles. The summed E-state index contributed by atoms with van der Waals surface area (Å²) in [5.74, 6) is 0. The molecule has 0 saturated carbocycles. The highest BCUT2D eigenvalue weighted by Crippen LogP contribution is 2.44. The second-order valence-corrected chi connectivity index (χ2v) is 5.99. The minimum Gasteiger partial charge on any atom is -0.731 e. The van der Waals surface area contributed by atoms with Crippen LogP contribution in [0, 0.1) is 20.8 Å². The molecule has 0 unspecified atom stereocenters. The number of rotatable bonds is 2. The molecule has 0 fully saturated rings. The predicted octanol–water partition coefficient (Wildman–Crippen LogP) is 2.52. The van der Waals surface area contributed by atoms with Crippen molar-refractivity contribution in [3.63, 3.8) is 0 Å². The van der Waals surface area contributed by atoms with Crippen molar-refractivity contribution in [2.75, 3.05) is 35.0 Å². The van der Waals surface area contributed by atoms with Gasteiger partial charge in [0.15, 0.2) is 0 Å². The van der Waals surface area contributed by atoms with Gasteiger partial charge in [-0.3, -0.25) is 25.4 Å². The fourth-order valence-corrected chi connectivity index (χ4v) is 2.78. The lowest BCUT2D eigenvalue weighted by atomic mass is 10.1. The first-order valence-corrected chi connectivity index (χ1v) is 7.17. The third kappa shape index (κ3) is 2.27. The molecule has 0 bridgehead atoms. The molecule has 0 saturated heterocycles. The maximum absolute atomic E-state index is 11.7. The van der Waals surface area contributed by atoms with Crippen molar-refractivity contribution in [1.29, 1.82) is 0 Å². The molecular formula is C14H12N5O6-3. The first-order valence-electron chi connectivity index (χ1n) is 7.17. The van der Waals surface area contributed by atoms with Crippen molar-refractivity contribution in [2.24, 2.45) is 0 Å². The molecule has 25 heavy (non-hydrogen) atoms. The predicted molar refractivity (Wildman–Crippen MR) is 91.7 cm³/mol. The van der Waals surface area contributed by atoms with E-state index in [1.807, 2.05) is 14.1 Å². The number of anilines is 4. The summed E-state index contributed by atoms with van der Waals surface area (Å²) in [6.45, 7) is 0. The number of benzene rings is 2. The molecule has 0 N–H and O–H groups in total. The molecule has 2 heterocycles. The number of hydrogen-bond acceptors (Lipinski definition) is 10. The summed E-state index contributed by atoms with van der Waals surface area (Å²) < 4.78 is 0.139. The Morgan fingerprint density at radius 1 is 0.640 bits per heavy atom. The fraction of sp³-hybridized carbons (Fsp3) is 0.143. The molecule has 0 aliphatic carbocycles. The van der Waals surface area contributed by atoms with E-state index in [1.165, 1.54) is 24.3 Å². The lowest BCUT2D eigenvalue weighted by molar-refractivity contribution is 0.150. The van der Waals surface area contributed by atoms with E-state index in [4.69, 9.17) is 0 Å². The second-order valence-electron chi connectivity index (χ2n) is 5.99. The van der Waals surface area contributed by atoms with Gasteiger partial charge in [-0.1, -0.05) is 0 Å². The zero-order valence-corrected chi connectivity index (χ0v) is 13.1. The summed E-state index contributed by atoms with van der Waals surface area (Å²) in [5.41, 5.74) is 1.70. The van der Waals surface area contributed by atoms with Gasteiger partial charge in [-0.15, -0.1) is 0 Å². The number of nitrogens with zero attached hydrogens (tertiary/aromatic N) is 5. The summed E-state index contributed by atoms with van der Waals surface area (Å²) in [5, 5.41) is 46.8. The Bertz CT molecular complexity index is 779. The van der Waals surface area contributed by atoms with E-state index in [2.05, 4.69) is 9.88 Å². The van der Waals surface area contributed by atoms with Crippen molar-refractivity contribution in [1.82, 2.24) is 4.48 Å². The number of quaternary nitrogens is 1. The van der Waals surface area contributed by atoms with E-state index in [0.29, 0.717) is 11.4 Å². The first kappa shape index (κ1) is 15.9. The van der Waals surface area contributed by atoms with Crippen molar-refractivity contribution in [2.45, 2.75) is 0 Å². The maximum Gasteiger partial charge on any atom is 0.139 e. The molecule has 11 nitrogen and oxygen atoms in total. The average molecular weight is 346 g/mol. The van der Waals surface area contributed by atoms with E-state index < -0.39 is 0 Å². The lowest BCUT2D eigenvalue weighted by Gasteiger charge is -2.31. The molecule has 0 amide bonds. The highest BCUT2D eigenvalue weighted by atomic mass is 17.1. The maximum atomic E-state index is 11.7. The van der Waals surface area contributed by atoms with Crippen molar-refractivity contribution in [3.05, 3.63) is 57.2 Å². The van der Waals surface area contributed by atoms with Crippen LogP contribution < -0.4 is 25.4 Å². The number of fused-ring (bicyclic) bond motifs is 2. The molecule has 0 radical (unpaired) electrons. The quantitative estimate of drug-likeness (QED) is 0.749. The minimum atomic E-state index is 0.0828. The van der Waals surface area contributed by atoms with Crippen LogP contribution in [0.15, 0.2) is 36.4 Å². The van der Waals surface area contributed by atoms with E-state index in [0.717, 1.165) is 0 Å². The van der Waals surface area contributed by atoms with Crippen molar-refractivity contribution < 1.29 is 9.88 Å². The Balaban J connectivity index is 1.76. The minimum absolute atomic E-state index is 0.0828. The van der Waals surface area contributed by atoms with Gasteiger partial charge in [0.25, 0.3) is 0 Å². The van der Waals surface area contributed by atoms with Crippen LogP contribution in [-0.4, -0.2) is 14.1 Å². The molecule has 2 aromatic rings. The topological polar surface area (TPSA) is 124 Å². The Morgan fingerprint density at radius 2 is 1.00 bits per heavy atom. The largest absolute Gasteiger partial charge is 0.731 e. The summed E-state index contributed by atoms with van der Waals surface area (Å²) in [6, 6.07) is 9.35. The van der Waals surface area contributed by atoms with Crippen LogP contribution in [-0.2, 0) is 9.88 Å². The van der Waals surface area contributed by atoms with Gasteiger partial charge in [0.05, 0.1) is 36.8 Å². The molecule has 0 spiro atoms. The van der Waals surface area contributed by atoms with Crippen LogP contribution >= 0.6 is 0 Å². The van der Waals surface area contributed by atoms with Crippen molar-refractivity contribution in [3.8, 4) is 0 Å². The average Bonchev–Trinajstić information content (AvgIpc) is 3.03. The smallest absolute Gasteiger partial charge is 0.139 e. The van der Waals surface area contributed by atoms with E-state index >= 15 is 0 Å². The highest BCUT2D eigenvalue weighted by molar-refractivity contribution is 5.81. The summed E-state index contributed by atoms with van der Waals surface area (Å²) in [7, 11) is 3.65. The van der Waals surface area contributed by atoms with Crippen LogP contribution in [0.2, 0.25) is 0 Å². The molecule has 0 aromatic heterocycles. The molecule has 132 valence electrons. The van der Waals surface area contributed by atoms with Crippen LogP contribution in [0.3, 0.4) is 0 Å². The Labute approximate surface area is 141 Å². The van der Waals surface area contributed by atoms with Crippen molar-refractivity contribution >= 4 is 34.1 Å². The standard InChI is InChI=1S/C14H12N5O6/c1-19(2,9-3-5-11-13(7-9)17(22)24-15(11)20)10-4-6-12-14(8-10)18(23)25-16(12)21/h3-8H,1-2H3/q-3. The third-order valence-electron chi connectivity index (χ3n) is 4.29. The Kier molecular flexibility index (Phi) is 3.28. The van der Waals surface area contributed by atoms with Crippen LogP contribution in [0.1, 0.15) is 0 Å². The monoisotopic (exact) mass is 346 g/mol. The number of hydrogen-bond donors (Lipinski definition) is 0. The summed E-state index contributed by atoms with van der Waals surface area (Å²) in [6.07, 6.45) is 0. The van der Waals surface area contributed by atoms with Crippen LogP contribution in [0.25, 0.3) is 0 Å². The zero-order chi connectivity index (χ0) is 17.9. The molecule has 2 aromatic carbocycles. The fourth-order valence-electron chi connectivity index (χ4n) is 2.78. The molecule has 11 heteroatoms. The normalized spacial score (nSPS) is 16.6. The SMILES string of the molecule is C[N+](C)(c1ccc2c(c1)N([O-])ON2[O-])c1ccc2c(c1)N([O-])ON2[O-]. The van der Waals surface area contributed by atoms with Gasteiger partial charge in [0, 0.05) is 24.3 Å². The van der Waals surface area contributed by atoms with E-state index in [9.17, 15) is 20.8 Å². The molecule has 0 atom stereocenters. The molecular weight excluding hydrogens is 334 g/mol. The van der Waals surface area contributed by atoms with E-state index in [1.54, 1.807) is 12.1 Å². The lowest BCUT2D eigenvalue weighted by Crippen LogP contribution is -2.34. The Hall–Kier alpha value is -2.64. The van der Waals surface area contributed by atoms with Gasteiger partial charge in [-0.05, 0) is 12.1 Å². The van der Waals surface area contributed by atoms with Gasteiger partial charge in [0.2, 0.25) is 0 Å². The second kappa shape index (κ2) is 5.18. The van der Waals surface area contributed by atoms with Crippen LogP contribution in [0.4, 0.5) is 34.1 Å². The van der Waals surface area contributed by atoms with Gasteiger partial charge in [0.1, 0.15) is 11.4 Å². The summed E-state index contributed by atoms with van der Waals surface area (Å²) >= 11 is 0. The van der Waals surface area contributed by atoms with Gasteiger partial charge < -0.3 is 20.8 Å². The van der Waals surface area contributed by atoms with E-state index in [-0.39, 0.29) is 48.1 Å². The molecule has 4 rings (SSSR count). The first-order chi connectivity index (χ1) is 11.8. The van der Waals surface area contributed by atoms with Gasteiger partial charge in [-0.25, -0.2) is 0 Å².